The number of amides is 1. The van der Waals surface area contributed by atoms with Crippen molar-refractivity contribution in [3.63, 3.8) is 0 Å². The molecule has 0 aromatic rings. The van der Waals surface area contributed by atoms with Crippen LogP contribution in [0.2, 0.25) is 0 Å². The van der Waals surface area contributed by atoms with Crippen molar-refractivity contribution in [3.05, 3.63) is 24.3 Å². The second-order valence-corrected chi connectivity index (χ2v) is 21.7. The standard InChI is InChI=1S/C64H123NO5/c1-3-5-7-9-11-13-15-17-18-19-24-28-31-34-38-42-46-50-54-58-64(69)70-59-55-51-47-43-39-35-32-29-26-23-21-20-22-25-27-30-33-37-41-45-49-53-57-63(68)65-61(60-66)62(67)56-52-48-44-40-36-16-14-12-10-8-6-4-2/h17-18,22,25,61-62,66-67H,3-16,19-21,23-24,26-60H2,1-2H3,(H,65,68)/b18-17-,25-22-. The Morgan fingerprint density at radius 2 is 0.671 bits per heavy atom. The van der Waals surface area contributed by atoms with E-state index < -0.39 is 12.1 Å². The van der Waals surface area contributed by atoms with E-state index in [0.29, 0.717) is 25.9 Å². The van der Waals surface area contributed by atoms with Gasteiger partial charge in [0.15, 0.2) is 0 Å². The van der Waals surface area contributed by atoms with Gasteiger partial charge in [-0.2, -0.15) is 0 Å². The van der Waals surface area contributed by atoms with Crippen LogP contribution in [0.1, 0.15) is 348 Å². The van der Waals surface area contributed by atoms with Gasteiger partial charge < -0.3 is 20.3 Å². The van der Waals surface area contributed by atoms with Gasteiger partial charge in [-0.25, -0.2) is 0 Å². The fourth-order valence-electron chi connectivity index (χ4n) is 9.87. The van der Waals surface area contributed by atoms with Crippen LogP contribution in [-0.2, 0) is 14.3 Å². The first kappa shape index (κ1) is 68.3. The summed E-state index contributed by atoms with van der Waals surface area (Å²) < 4.78 is 5.50. The lowest BCUT2D eigenvalue weighted by Gasteiger charge is -2.22. The zero-order valence-electron chi connectivity index (χ0n) is 47.3. The number of rotatable bonds is 59. The average molecular weight is 987 g/mol. The molecule has 3 N–H and O–H groups in total. The summed E-state index contributed by atoms with van der Waals surface area (Å²) in [4.78, 5) is 24.6. The maximum absolute atomic E-state index is 12.5. The molecule has 0 saturated heterocycles. The molecule has 0 aliphatic rings. The molecule has 6 nitrogen and oxygen atoms in total. The predicted octanol–water partition coefficient (Wildman–Crippen LogP) is 19.8. The maximum atomic E-state index is 12.5. The van der Waals surface area contributed by atoms with Crippen LogP contribution in [0.15, 0.2) is 24.3 Å². The van der Waals surface area contributed by atoms with Crippen molar-refractivity contribution in [2.24, 2.45) is 0 Å². The number of unbranched alkanes of at least 4 members (excludes halogenated alkanes) is 44. The van der Waals surface area contributed by atoms with Gasteiger partial charge in [0, 0.05) is 12.8 Å². The Morgan fingerprint density at radius 1 is 0.386 bits per heavy atom. The van der Waals surface area contributed by atoms with Gasteiger partial charge in [-0.05, 0) is 77.0 Å². The lowest BCUT2D eigenvalue weighted by molar-refractivity contribution is -0.143. The van der Waals surface area contributed by atoms with Crippen molar-refractivity contribution >= 4 is 11.9 Å². The lowest BCUT2D eigenvalue weighted by Crippen LogP contribution is -2.45. The minimum Gasteiger partial charge on any atom is -0.466 e. The molecule has 1 amide bonds. The molecular weight excluding hydrogens is 863 g/mol. The molecule has 0 aliphatic heterocycles. The number of aliphatic hydroxyl groups is 2. The number of carbonyl (C=O) groups is 2. The number of nitrogens with one attached hydrogen (secondary N) is 1. The zero-order chi connectivity index (χ0) is 50.7. The molecule has 0 aromatic heterocycles. The first-order valence-corrected chi connectivity index (χ1v) is 31.6. The summed E-state index contributed by atoms with van der Waals surface area (Å²) in [5.74, 6) is -0.0315. The number of hydrogen-bond donors (Lipinski definition) is 3. The third-order valence-corrected chi connectivity index (χ3v) is 14.7. The van der Waals surface area contributed by atoms with E-state index in [-0.39, 0.29) is 18.5 Å². The van der Waals surface area contributed by atoms with Crippen LogP contribution in [-0.4, -0.2) is 47.4 Å². The molecule has 0 aromatic carbocycles. The highest BCUT2D eigenvalue weighted by atomic mass is 16.5. The van der Waals surface area contributed by atoms with Crippen molar-refractivity contribution < 1.29 is 24.5 Å². The first-order chi connectivity index (χ1) is 34.5. The number of allylic oxidation sites excluding steroid dienone is 4. The summed E-state index contributed by atoms with van der Waals surface area (Å²) in [5, 5.41) is 23.2. The van der Waals surface area contributed by atoms with E-state index in [1.54, 1.807) is 0 Å². The smallest absolute Gasteiger partial charge is 0.305 e. The Morgan fingerprint density at radius 3 is 1.01 bits per heavy atom. The summed E-state index contributed by atoms with van der Waals surface area (Å²) in [6, 6.07) is -0.545. The molecular formula is C64H123NO5. The van der Waals surface area contributed by atoms with Crippen LogP contribution >= 0.6 is 0 Å². The molecule has 0 aliphatic carbocycles. The third-order valence-electron chi connectivity index (χ3n) is 14.7. The van der Waals surface area contributed by atoms with Gasteiger partial charge in [0.1, 0.15) is 0 Å². The molecule has 414 valence electrons. The molecule has 0 heterocycles. The van der Waals surface area contributed by atoms with Crippen molar-refractivity contribution in [2.75, 3.05) is 13.2 Å². The second kappa shape index (κ2) is 59.9. The molecule has 70 heavy (non-hydrogen) atoms. The van der Waals surface area contributed by atoms with Crippen molar-refractivity contribution in [2.45, 2.75) is 360 Å². The van der Waals surface area contributed by atoms with Crippen LogP contribution in [0.25, 0.3) is 0 Å². The van der Waals surface area contributed by atoms with Crippen molar-refractivity contribution in [3.8, 4) is 0 Å². The number of esters is 1. The SMILES string of the molecule is CCCCCCCC/C=C\CCCCCCCCCCCC(=O)OCCCCCCCCCCCCC/C=C\CCCCCCCCCC(=O)NC(CO)C(O)CCCCCCCCCCCCCC. The highest BCUT2D eigenvalue weighted by Crippen LogP contribution is 2.17. The molecule has 0 rings (SSSR count). The number of carbonyl (C=O) groups excluding carboxylic acids is 2. The first-order valence-electron chi connectivity index (χ1n) is 31.6. The molecule has 2 atom stereocenters. The molecule has 2 unspecified atom stereocenters. The average Bonchev–Trinajstić information content (AvgIpc) is 3.36. The number of hydrogen-bond acceptors (Lipinski definition) is 5. The molecule has 0 spiro atoms. The Labute approximate surface area is 437 Å². The number of ether oxygens (including phenoxy) is 1. The van der Waals surface area contributed by atoms with E-state index in [9.17, 15) is 19.8 Å². The molecule has 0 radical (unpaired) electrons. The summed E-state index contributed by atoms with van der Waals surface area (Å²) in [6.45, 7) is 4.96. The van der Waals surface area contributed by atoms with Crippen LogP contribution < -0.4 is 5.32 Å². The minimum absolute atomic E-state index is 0.00992. The topological polar surface area (TPSA) is 95.9 Å². The van der Waals surface area contributed by atoms with Gasteiger partial charge in [-0.3, -0.25) is 9.59 Å². The van der Waals surface area contributed by atoms with E-state index in [0.717, 1.165) is 44.9 Å². The summed E-state index contributed by atoms with van der Waals surface area (Å²) >= 11 is 0. The highest BCUT2D eigenvalue weighted by molar-refractivity contribution is 5.76. The molecule has 6 heteroatoms. The van der Waals surface area contributed by atoms with Gasteiger partial charge in [0.25, 0.3) is 0 Å². The third kappa shape index (κ3) is 55.7. The predicted molar refractivity (Wildman–Crippen MR) is 306 cm³/mol. The van der Waals surface area contributed by atoms with Crippen molar-refractivity contribution in [1.82, 2.24) is 5.32 Å². The minimum atomic E-state index is -0.667. The second-order valence-electron chi connectivity index (χ2n) is 21.7. The van der Waals surface area contributed by atoms with E-state index in [1.807, 2.05) is 0 Å². The summed E-state index contributed by atoms with van der Waals surface area (Å²) in [5.41, 5.74) is 0. The van der Waals surface area contributed by atoms with E-state index in [1.165, 1.54) is 270 Å². The normalized spacial score (nSPS) is 12.7. The quantitative estimate of drug-likeness (QED) is 0.0321. The van der Waals surface area contributed by atoms with E-state index >= 15 is 0 Å². The fourth-order valence-corrected chi connectivity index (χ4v) is 9.87. The van der Waals surface area contributed by atoms with Gasteiger partial charge >= 0.3 is 5.97 Å². The Balaban J connectivity index is 3.38. The largest absolute Gasteiger partial charge is 0.466 e. The van der Waals surface area contributed by atoms with Gasteiger partial charge in [0.2, 0.25) is 5.91 Å². The van der Waals surface area contributed by atoms with Gasteiger partial charge in [0.05, 0.1) is 25.4 Å². The fraction of sp³-hybridized carbons (Fsp3) is 0.906. The maximum Gasteiger partial charge on any atom is 0.305 e. The number of aliphatic hydroxyl groups excluding tert-OH is 2. The lowest BCUT2D eigenvalue weighted by atomic mass is 10.0. The Hall–Kier alpha value is -1.66. The van der Waals surface area contributed by atoms with E-state index in [2.05, 4.69) is 43.5 Å². The Kier molecular flexibility index (Phi) is 58.5. The molecule has 0 bridgehead atoms. The van der Waals surface area contributed by atoms with Crippen LogP contribution in [0.4, 0.5) is 0 Å². The van der Waals surface area contributed by atoms with Crippen LogP contribution in [0.3, 0.4) is 0 Å². The Bertz CT molecular complexity index is 1090. The molecule has 0 fully saturated rings. The van der Waals surface area contributed by atoms with Gasteiger partial charge in [-0.15, -0.1) is 0 Å². The zero-order valence-corrected chi connectivity index (χ0v) is 47.3. The van der Waals surface area contributed by atoms with Crippen LogP contribution in [0.5, 0.6) is 0 Å². The summed E-state index contributed by atoms with van der Waals surface area (Å²) in [7, 11) is 0. The van der Waals surface area contributed by atoms with Gasteiger partial charge in [-0.1, -0.05) is 282 Å². The highest BCUT2D eigenvalue weighted by Gasteiger charge is 2.20. The monoisotopic (exact) mass is 986 g/mol. The van der Waals surface area contributed by atoms with E-state index in [4.69, 9.17) is 4.74 Å². The summed E-state index contributed by atoms with van der Waals surface area (Å²) in [6.07, 6.45) is 73.4. The van der Waals surface area contributed by atoms with Crippen LogP contribution in [0, 0.1) is 0 Å². The molecule has 0 saturated carbocycles. The van der Waals surface area contributed by atoms with Crippen molar-refractivity contribution in [1.29, 1.82) is 0 Å².